The SMILES string of the molecule is CN(CCC1CC1)CC1CCCCN1. The van der Waals surface area contributed by atoms with Crippen molar-refractivity contribution in [3.63, 3.8) is 0 Å². The van der Waals surface area contributed by atoms with Crippen molar-refractivity contribution in [1.29, 1.82) is 0 Å². The van der Waals surface area contributed by atoms with E-state index in [-0.39, 0.29) is 0 Å². The lowest BCUT2D eigenvalue weighted by Gasteiger charge is -2.28. The molecule has 2 nitrogen and oxygen atoms in total. The monoisotopic (exact) mass is 196 g/mol. The van der Waals surface area contributed by atoms with Gasteiger partial charge in [0, 0.05) is 12.6 Å². The topological polar surface area (TPSA) is 15.3 Å². The molecule has 1 aliphatic heterocycles. The van der Waals surface area contributed by atoms with Gasteiger partial charge in [-0.25, -0.2) is 0 Å². The van der Waals surface area contributed by atoms with Gasteiger partial charge in [-0.15, -0.1) is 0 Å². The van der Waals surface area contributed by atoms with Gasteiger partial charge in [0.1, 0.15) is 0 Å². The molecular weight excluding hydrogens is 172 g/mol. The molecule has 2 heteroatoms. The second kappa shape index (κ2) is 5.13. The van der Waals surface area contributed by atoms with E-state index in [0.717, 1.165) is 12.0 Å². The second-order valence-electron chi connectivity index (χ2n) is 5.14. The Morgan fingerprint density at radius 3 is 2.71 bits per heavy atom. The van der Waals surface area contributed by atoms with Gasteiger partial charge in [-0.1, -0.05) is 19.3 Å². The Hall–Kier alpha value is -0.0800. The predicted octanol–water partition coefficient (Wildman–Crippen LogP) is 1.86. The number of piperidine rings is 1. The van der Waals surface area contributed by atoms with Crippen LogP contribution in [0.5, 0.6) is 0 Å². The lowest BCUT2D eigenvalue weighted by Crippen LogP contribution is -2.42. The molecule has 14 heavy (non-hydrogen) atoms. The first-order valence-electron chi connectivity index (χ1n) is 6.26. The lowest BCUT2D eigenvalue weighted by atomic mass is 10.0. The van der Waals surface area contributed by atoms with E-state index >= 15 is 0 Å². The minimum absolute atomic E-state index is 0.771. The van der Waals surface area contributed by atoms with Gasteiger partial charge in [0.2, 0.25) is 0 Å². The van der Waals surface area contributed by atoms with Gasteiger partial charge in [0.15, 0.2) is 0 Å². The molecule has 2 fully saturated rings. The van der Waals surface area contributed by atoms with Gasteiger partial charge in [-0.05, 0) is 45.3 Å². The average molecular weight is 196 g/mol. The highest BCUT2D eigenvalue weighted by atomic mass is 15.1. The van der Waals surface area contributed by atoms with E-state index in [1.807, 2.05) is 0 Å². The van der Waals surface area contributed by atoms with Crippen molar-refractivity contribution >= 4 is 0 Å². The van der Waals surface area contributed by atoms with Crippen molar-refractivity contribution in [3.8, 4) is 0 Å². The number of hydrogen-bond donors (Lipinski definition) is 1. The summed E-state index contributed by atoms with van der Waals surface area (Å²) in [5.41, 5.74) is 0. The Morgan fingerprint density at radius 1 is 1.21 bits per heavy atom. The summed E-state index contributed by atoms with van der Waals surface area (Å²) in [5, 5.41) is 3.61. The van der Waals surface area contributed by atoms with Crippen LogP contribution in [0.15, 0.2) is 0 Å². The van der Waals surface area contributed by atoms with Crippen molar-refractivity contribution in [2.24, 2.45) is 5.92 Å². The van der Waals surface area contributed by atoms with Crippen LogP contribution in [0.4, 0.5) is 0 Å². The van der Waals surface area contributed by atoms with Crippen molar-refractivity contribution in [1.82, 2.24) is 10.2 Å². The summed E-state index contributed by atoms with van der Waals surface area (Å²) in [6, 6.07) is 0.771. The molecule has 1 heterocycles. The van der Waals surface area contributed by atoms with Crippen molar-refractivity contribution in [3.05, 3.63) is 0 Å². The largest absolute Gasteiger partial charge is 0.313 e. The minimum Gasteiger partial charge on any atom is -0.313 e. The first-order valence-corrected chi connectivity index (χ1v) is 6.26. The van der Waals surface area contributed by atoms with Crippen LogP contribution in [-0.2, 0) is 0 Å². The molecule has 1 N–H and O–H groups in total. The fourth-order valence-corrected chi connectivity index (χ4v) is 2.36. The molecule has 0 bridgehead atoms. The van der Waals surface area contributed by atoms with Gasteiger partial charge in [0.05, 0.1) is 0 Å². The van der Waals surface area contributed by atoms with Crippen molar-refractivity contribution in [2.45, 2.75) is 44.6 Å². The quantitative estimate of drug-likeness (QED) is 0.722. The molecular formula is C12H24N2. The molecule has 0 aromatic rings. The highest BCUT2D eigenvalue weighted by Gasteiger charge is 2.22. The second-order valence-corrected chi connectivity index (χ2v) is 5.14. The van der Waals surface area contributed by atoms with E-state index in [9.17, 15) is 0 Å². The third kappa shape index (κ3) is 3.58. The van der Waals surface area contributed by atoms with Crippen LogP contribution in [0.25, 0.3) is 0 Å². The smallest absolute Gasteiger partial charge is 0.0194 e. The number of nitrogens with one attached hydrogen (secondary N) is 1. The van der Waals surface area contributed by atoms with Gasteiger partial charge in [-0.3, -0.25) is 0 Å². The molecule has 82 valence electrons. The first-order chi connectivity index (χ1) is 6.84. The molecule has 0 aromatic heterocycles. The zero-order valence-corrected chi connectivity index (χ0v) is 9.47. The Labute approximate surface area is 88.1 Å². The normalized spacial score (nSPS) is 28.3. The fraction of sp³-hybridized carbons (Fsp3) is 1.00. The highest BCUT2D eigenvalue weighted by Crippen LogP contribution is 2.32. The van der Waals surface area contributed by atoms with Crippen LogP contribution in [0.3, 0.4) is 0 Å². The zero-order valence-electron chi connectivity index (χ0n) is 9.47. The average Bonchev–Trinajstić information content (AvgIpc) is 3.00. The number of nitrogens with zero attached hydrogens (tertiary/aromatic N) is 1. The van der Waals surface area contributed by atoms with Crippen molar-refractivity contribution in [2.75, 3.05) is 26.7 Å². The number of likely N-dealkylation sites (N-methyl/N-ethyl adjacent to an activating group) is 1. The Bertz CT molecular complexity index is 160. The summed E-state index contributed by atoms with van der Waals surface area (Å²) in [7, 11) is 2.28. The predicted molar refractivity (Wildman–Crippen MR) is 60.5 cm³/mol. The zero-order chi connectivity index (χ0) is 9.80. The van der Waals surface area contributed by atoms with Crippen LogP contribution in [0, 0.1) is 5.92 Å². The molecule has 2 aliphatic rings. The molecule has 1 saturated heterocycles. The Morgan fingerprint density at radius 2 is 2.07 bits per heavy atom. The standard InChI is InChI=1S/C12H24N2/c1-14(9-7-11-5-6-11)10-12-4-2-3-8-13-12/h11-13H,2-10H2,1H3. The Balaban J connectivity index is 1.57. The summed E-state index contributed by atoms with van der Waals surface area (Å²) in [6.45, 7) is 3.80. The summed E-state index contributed by atoms with van der Waals surface area (Å²) < 4.78 is 0. The maximum atomic E-state index is 3.61. The van der Waals surface area contributed by atoms with Crippen LogP contribution >= 0.6 is 0 Å². The van der Waals surface area contributed by atoms with Crippen LogP contribution < -0.4 is 5.32 Å². The summed E-state index contributed by atoms with van der Waals surface area (Å²) in [5.74, 6) is 1.08. The maximum Gasteiger partial charge on any atom is 0.0194 e. The van der Waals surface area contributed by atoms with E-state index < -0.39 is 0 Å². The summed E-state index contributed by atoms with van der Waals surface area (Å²) >= 11 is 0. The molecule has 2 rings (SSSR count). The van der Waals surface area contributed by atoms with E-state index in [1.165, 1.54) is 58.2 Å². The third-order valence-electron chi connectivity index (χ3n) is 3.56. The maximum absolute atomic E-state index is 3.61. The van der Waals surface area contributed by atoms with Crippen LogP contribution in [0.1, 0.15) is 38.5 Å². The molecule has 1 unspecified atom stereocenters. The first kappa shape index (κ1) is 10.4. The molecule has 0 amide bonds. The molecule has 0 spiro atoms. The van der Waals surface area contributed by atoms with Crippen molar-refractivity contribution < 1.29 is 0 Å². The molecule has 1 aliphatic carbocycles. The van der Waals surface area contributed by atoms with E-state index in [4.69, 9.17) is 0 Å². The molecule has 1 saturated carbocycles. The number of hydrogen-bond acceptors (Lipinski definition) is 2. The highest BCUT2D eigenvalue weighted by molar-refractivity contribution is 4.77. The third-order valence-corrected chi connectivity index (χ3v) is 3.56. The van der Waals surface area contributed by atoms with E-state index in [1.54, 1.807) is 0 Å². The summed E-state index contributed by atoms with van der Waals surface area (Å²) in [6.07, 6.45) is 8.61. The fourth-order valence-electron chi connectivity index (χ4n) is 2.36. The van der Waals surface area contributed by atoms with Gasteiger partial charge >= 0.3 is 0 Å². The molecule has 0 aromatic carbocycles. The molecule has 0 radical (unpaired) electrons. The Kier molecular flexibility index (Phi) is 3.82. The van der Waals surface area contributed by atoms with Crippen LogP contribution in [0.2, 0.25) is 0 Å². The number of rotatable bonds is 5. The van der Waals surface area contributed by atoms with Gasteiger partial charge in [-0.2, -0.15) is 0 Å². The van der Waals surface area contributed by atoms with Crippen LogP contribution in [-0.4, -0.2) is 37.6 Å². The van der Waals surface area contributed by atoms with E-state index in [0.29, 0.717) is 0 Å². The summed E-state index contributed by atoms with van der Waals surface area (Å²) in [4.78, 5) is 2.52. The van der Waals surface area contributed by atoms with E-state index in [2.05, 4.69) is 17.3 Å². The van der Waals surface area contributed by atoms with Gasteiger partial charge in [0.25, 0.3) is 0 Å². The molecule has 1 atom stereocenters. The lowest BCUT2D eigenvalue weighted by molar-refractivity contribution is 0.256. The van der Waals surface area contributed by atoms with Gasteiger partial charge < -0.3 is 10.2 Å². The minimum atomic E-state index is 0.771.